The molecule has 0 saturated carbocycles. The van der Waals surface area contributed by atoms with Gasteiger partial charge in [-0.05, 0) is 25.5 Å². The summed E-state index contributed by atoms with van der Waals surface area (Å²) in [5.74, 6) is 0. The lowest BCUT2D eigenvalue weighted by Crippen LogP contribution is -1.95. The van der Waals surface area contributed by atoms with Crippen LogP contribution >= 0.6 is 19.2 Å². The highest BCUT2D eigenvalue weighted by molar-refractivity contribution is 7.61. The van der Waals surface area contributed by atoms with Crippen LogP contribution in [0.1, 0.15) is 19.4 Å². The molecule has 1 rings (SSSR count). The highest BCUT2D eigenvalue weighted by Crippen LogP contribution is 2.57. The van der Waals surface area contributed by atoms with Crippen molar-refractivity contribution in [3.8, 4) is 0 Å². The summed E-state index contributed by atoms with van der Waals surface area (Å²) in [6.07, 6.45) is 5.13. The molecular formula is C14H18ClO3P. The van der Waals surface area contributed by atoms with E-state index in [1.165, 1.54) is 0 Å². The molecule has 19 heavy (non-hydrogen) atoms. The number of hydrogen-bond acceptors (Lipinski definition) is 3. The molecule has 0 aliphatic heterocycles. The summed E-state index contributed by atoms with van der Waals surface area (Å²) in [5, 5.41) is 0. The fraction of sp³-hybridized carbons (Fsp3) is 0.286. The van der Waals surface area contributed by atoms with Gasteiger partial charge in [0.05, 0.1) is 13.2 Å². The van der Waals surface area contributed by atoms with Crippen molar-refractivity contribution >= 4 is 25.3 Å². The van der Waals surface area contributed by atoms with Gasteiger partial charge in [0.15, 0.2) is 0 Å². The Kier molecular flexibility index (Phi) is 7.11. The Labute approximate surface area is 119 Å². The van der Waals surface area contributed by atoms with E-state index < -0.39 is 7.60 Å². The van der Waals surface area contributed by atoms with Crippen LogP contribution in [0.25, 0.3) is 6.08 Å². The van der Waals surface area contributed by atoms with E-state index in [4.69, 9.17) is 20.6 Å². The standard InChI is InChI=1S/C14H18ClO3P/c1-3-17-19(16,18-4-2)14(15)12-8-11-13-9-6-5-7-10-13/h5-12H,3-4H2,1-2H3/b11-8+,14-12+. The monoisotopic (exact) mass is 300 g/mol. The Hall–Kier alpha value is -0.860. The molecule has 104 valence electrons. The van der Waals surface area contributed by atoms with Gasteiger partial charge in [-0.15, -0.1) is 0 Å². The van der Waals surface area contributed by atoms with E-state index in [0.717, 1.165) is 5.56 Å². The van der Waals surface area contributed by atoms with E-state index >= 15 is 0 Å². The van der Waals surface area contributed by atoms with Crippen molar-refractivity contribution in [2.45, 2.75) is 13.8 Å². The van der Waals surface area contributed by atoms with Crippen LogP contribution in [-0.4, -0.2) is 13.2 Å². The highest BCUT2D eigenvalue weighted by Gasteiger charge is 2.27. The van der Waals surface area contributed by atoms with Gasteiger partial charge in [-0.25, -0.2) is 0 Å². The first-order valence-electron chi connectivity index (χ1n) is 6.11. The Balaban J connectivity index is 2.79. The summed E-state index contributed by atoms with van der Waals surface area (Å²) in [6, 6.07) is 9.75. The van der Waals surface area contributed by atoms with Crippen LogP contribution in [0.5, 0.6) is 0 Å². The van der Waals surface area contributed by atoms with Crippen molar-refractivity contribution in [2.75, 3.05) is 13.2 Å². The summed E-state index contributed by atoms with van der Waals surface area (Å²) in [4.78, 5) is 0. The molecule has 0 radical (unpaired) electrons. The quantitative estimate of drug-likeness (QED) is 0.522. The Morgan fingerprint density at radius 3 is 2.32 bits per heavy atom. The molecule has 0 atom stereocenters. The predicted molar refractivity (Wildman–Crippen MR) is 80.3 cm³/mol. The van der Waals surface area contributed by atoms with Crippen molar-refractivity contribution in [3.63, 3.8) is 0 Å². The molecule has 0 amide bonds. The second-order valence-corrected chi connectivity index (χ2v) is 6.26. The van der Waals surface area contributed by atoms with Crippen molar-refractivity contribution in [1.29, 1.82) is 0 Å². The minimum Gasteiger partial charge on any atom is -0.305 e. The summed E-state index contributed by atoms with van der Waals surface area (Å²) < 4.78 is 22.6. The second kappa shape index (κ2) is 8.34. The van der Waals surface area contributed by atoms with Crippen LogP contribution < -0.4 is 0 Å². The molecule has 0 bridgehead atoms. The topological polar surface area (TPSA) is 35.5 Å². The predicted octanol–water partition coefficient (Wildman–Crippen LogP) is 5.05. The minimum atomic E-state index is -3.36. The largest absolute Gasteiger partial charge is 0.372 e. The van der Waals surface area contributed by atoms with Gasteiger partial charge in [0.1, 0.15) is 4.77 Å². The molecule has 3 nitrogen and oxygen atoms in total. The van der Waals surface area contributed by atoms with E-state index in [2.05, 4.69) is 0 Å². The lowest BCUT2D eigenvalue weighted by Gasteiger charge is -2.15. The third kappa shape index (κ3) is 5.33. The molecule has 0 fully saturated rings. The van der Waals surface area contributed by atoms with Gasteiger partial charge in [0.2, 0.25) is 0 Å². The normalized spacial score (nSPS) is 13.1. The third-order valence-electron chi connectivity index (χ3n) is 2.18. The van der Waals surface area contributed by atoms with E-state index in [9.17, 15) is 4.57 Å². The highest BCUT2D eigenvalue weighted by atomic mass is 35.5. The molecule has 0 N–H and O–H groups in total. The Bertz CT molecular complexity index is 473. The lowest BCUT2D eigenvalue weighted by atomic mass is 10.2. The van der Waals surface area contributed by atoms with Crippen molar-refractivity contribution in [3.05, 3.63) is 52.8 Å². The summed E-state index contributed by atoms with van der Waals surface area (Å²) in [5.41, 5.74) is 1.03. The lowest BCUT2D eigenvalue weighted by molar-refractivity contribution is 0.228. The van der Waals surface area contributed by atoms with Crippen LogP contribution in [0.4, 0.5) is 0 Å². The maximum Gasteiger partial charge on any atom is 0.372 e. The average molecular weight is 301 g/mol. The molecule has 0 unspecified atom stereocenters. The number of halogens is 1. The Morgan fingerprint density at radius 2 is 1.79 bits per heavy atom. The van der Waals surface area contributed by atoms with Gasteiger partial charge in [0.25, 0.3) is 0 Å². The molecule has 1 aromatic carbocycles. The fourth-order valence-corrected chi connectivity index (χ4v) is 3.03. The Morgan fingerprint density at radius 1 is 1.21 bits per heavy atom. The van der Waals surface area contributed by atoms with E-state index in [1.807, 2.05) is 36.4 Å². The zero-order chi connectivity index (χ0) is 14.1. The van der Waals surface area contributed by atoms with Crippen LogP contribution in [0.15, 0.2) is 47.3 Å². The van der Waals surface area contributed by atoms with E-state index in [0.29, 0.717) is 0 Å². The first kappa shape index (κ1) is 16.2. The van der Waals surface area contributed by atoms with Crippen molar-refractivity contribution < 1.29 is 13.6 Å². The maximum absolute atomic E-state index is 12.3. The molecule has 0 heterocycles. The van der Waals surface area contributed by atoms with Gasteiger partial charge in [0, 0.05) is 0 Å². The van der Waals surface area contributed by atoms with Gasteiger partial charge < -0.3 is 9.05 Å². The summed E-state index contributed by atoms with van der Waals surface area (Å²) in [7, 11) is -3.36. The number of benzene rings is 1. The number of hydrogen-bond donors (Lipinski definition) is 0. The molecule has 0 aliphatic carbocycles. The third-order valence-corrected chi connectivity index (χ3v) is 4.80. The fourth-order valence-electron chi connectivity index (χ4n) is 1.39. The van der Waals surface area contributed by atoms with Gasteiger partial charge >= 0.3 is 7.60 Å². The molecule has 0 saturated heterocycles. The summed E-state index contributed by atoms with van der Waals surface area (Å²) in [6.45, 7) is 4.05. The zero-order valence-electron chi connectivity index (χ0n) is 11.1. The first-order valence-corrected chi connectivity index (χ1v) is 8.03. The van der Waals surface area contributed by atoms with Crippen LogP contribution in [0.2, 0.25) is 0 Å². The van der Waals surface area contributed by atoms with Crippen LogP contribution in [-0.2, 0) is 13.6 Å². The minimum absolute atomic E-state index is 0.0865. The molecular weight excluding hydrogens is 283 g/mol. The number of rotatable bonds is 7. The second-order valence-electron chi connectivity index (χ2n) is 3.59. The van der Waals surface area contributed by atoms with Crippen LogP contribution in [0.3, 0.4) is 0 Å². The molecule has 0 aromatic heterocycles. The molecule has 5 heteroatoms. The maximum atomic E-state index is 12.3. The van der Waals surface area contributed by atoms with Crippen LogP contribution in [0, 0.1) is 0 Å². The van der Waals surface area contributed by atoms with E-state index in [-0.39, 0.29) is 18.0 Å². The SMILES string of the molecule is CCOP(=O)(OCC)/C(Cl)=C/C=C/c1ccccc1. The van der Waals surface area contributed by atoms with Gasteiger partial charge in [-0.1, -0.05) is 54.1 Å². The van der Waals surface area contributed by atoms with Crippen molar-refractivity contribution in [1.82, 2.24) is 0 Å². The zero-order valence-corrected chi connectivity index (χ0v) is 12.7. The number of allylic oxidation sites excluding steroid dienone is 2. The van der Waals surface area contributed by atoms with E-state index in [1.54, 1.807) is 26.0 Å². The smallest absolute Gasteiger partial charge is 0.305 e. The van der Waals surface area contributed by atoms with Gasteiger partial charge in [-0.2, -0.15) is 0 Å². The molecule has 0 aliphatic rings. The molecule has 1 aromatic rings. The summed E-state index contributed by atoms with van der Waals surface area (Å²) >= 11 is 6.01. The average Bonchev–Trinajstić information content (AvgIpc) is 2.40. The molecule has 0 spiro atoms. The van der Waals surface area contributed by atoms with Gasteiger partial charge in [-0.3, -0.25) is 4.57 Å². The first-order chi connectivity index (χ1) is 9.12. The van der Waals surface area contributed by atoms with Crippen molar-refractivity contribution in [2.24, 2.45) is 0 Å².